The van der Waals surface area contributed by atoms with E-state index in [1.165, 1.54) is 6.20 Å². The zero-order valence-corrected chi connectivity index (χ0v) is 22.4. The number of carbonyl (C=O) groups is 2. The molecule has 2 amide bonds. The molecule has 2 heterocycles. The SMILES string of the molecule is CC1=C(C(=O)Nc2ccc(C)cc2C)[C@@H](c2ccc(Cl)cc2)n2ncc(C(=O)Nc3cccc(C)c3)c2N1. The lowest BCUT2D eigenvalue weighted by Gasteiger charge is -2.30. The summed E-state index contributed by atoms with van der Waals surface area (Å²) in [5, 5.41) is 14.4. The minimum absolute atomic E-state index is 0.256. The quantitative estimate of drug-likeness (QED) is 0.272. The highest BCUT2D eigenvalue weighted by Gasteiger charge is 2.35. The van der Waals surface area contributed by atoms with E-state index in [-0.39, 0.29) is 11.8 Å². The molecule has 0 spiro atoms. The highest BCUT2D eigenvalue weighted by molar-refractivity contribution is 6.30. The van der Waals surface area contributed by atoms with E-state index < -0.39 is 6.04 Å². The third kappa shape index (κ3) is 4.93. The van der Waals surface area contributed by atoms with Crippen LogP contribution in [0.5, 0.6) is 0 Å². The van der Waals surface area contributed by atoms with Gasteiger partial charge in [-0.15, -0.1) is 0 Å². The standard InChI is InChI=1S/C30H28ClN5O2/c1-17-6-5-7-23(15-17)34-29(37)24-16-32-36-27(21-9-11-22(31)12-10-21)26(20(4)33-28(24)36)30(38)35-25-13-8-18(2)14-19(25)3/h5-16,27,33H,1-4H3,(H,34,37)(H,35,38)/t27-/m1/s1. The van der Waals surface area contributed by atoms with Gasteiger partial charge in [0.2, 0.25) is 0 Å². The summed E-state index contributed by atoms with van der Waals surface area (Å²) in [6.07, 6.45) is 1.52. The first-order chi connectivity index (χ1) is 18.2. The predicted molar refractivity (Wildman–Crippen MR) is 152 cm³/mol. The highest BCUT2D eigenvalue weighted by atomic mass is 35.5. The van der Waals surface area contributed by atoms with Gasteiger partial charge < -0.3 is 16.0 Å². The van der Waals surface area contributed by atoms with E-state index in [1.807, 2.05) is 82.3 Å². The average molecular weight is 526 g/mol. The number of halogens is 1. The smallest absolute Gasteiger partial charge is 0.261 e. The van der Waals surface area contributed by atoms with Crippen molar-refractivity contribution in [1.82, 2.24) is 9.78 Å². The van der Waals surface area contributed by atoms with Crippen LogP contribution in [0, 0.1) is 20.8 Å². The van der Waals surface area contributed by atoms with E-state index >= 15 is 0 Å². The number of nitrogens with zero attached hydrogens (tertiary/aromatic N) is 2. The lowest BCUT2D eigenvalue weighted by Crippen LogP contribution is -2.32. The summed E-state index contributed by atoms with van der Waals surface area (Å²) in [5.41, 5.74) is 6.87. The first-order valence-corrected chi connectivity index (χ1v) is 12.7. The first-order valence-electron chi connectivity index (χ1n) is 12.3. The fourth-order valence-corrected chi connectivity index (χ4v) is 4.86. The Labute approximate surface area is 226 Å². The maximum absolute atomic E-state index is 13.7. The summed E-state index contributed by atoms with van der Waals surface area (Å²) in [5.74, 6) is -0.0420. The zero-order chi connectivity index (χ0) is 27.0. The highest BCUT2D eigenvalue weighted by Crippen LogP contribution is 2.38. The Morgan fingerprint density at radius 1 is 0.895 bits per heavy atom. The van der Waals surface area contributed by atoms with Crippen LogP contribution in [0.25, 0.3) is 0 Å². The molecule has 7 nitrogen and oxygen atoms in total. The zero-order valence-electron chi connectivity index (χ0n) is 21.6. The Kier molecular flexibility index (Phi) is 6.78. The summed E-state index contributed by atoms with van der Waals surface area (Å²) in [7, 11) is 0. The number of fused-ring (bicyclic) bond motifs is 1. The molecular weight excluding hydrogens is 498 g/mol. The van der Waals surface area contributed by atoms with Crippen molar-refractivity contribution in [2.24, 2.45) is 0 Å². The number of nitrogens with one attached hydrogen (secondary N) is 3. The molecule has 1 aromatic heterocycles. The molecule has 0 fully saturated rings. The van der Waals surface area contributed by atoms with E-state index in [0.717, 1.165) is 27.9 Å². The van der Waals surface area contributed by atoms with Crippen LogP contribution in [-0.2, 0) is 4.79 Å². The van der Waals surface area contributed by atoms with Crippen molar-refractivity contribution in [2.75, 3.05) is 16.0 Å². The summed E-state index contributed by atoms with van der Waals surface area (Å²) in [6.45, 7) is 7.77. The minimum atomic E-state index is -0.574. The maximum Gasteiger partial charge on any atom is 0.261 e. The Morgan fingerprint density at radius 2 is 1.63 bits per heavy atom. The summed E-state index contributed by atoms with van der Waals surface area (Å²) < 4.78 is 1.68. The lowest BCUT2D eigenvalue weighted by molar-refractivity contribution is -0.113. The molecule has 3 aromatic carbocycles. The van der Waals surface area contributed by atoms with E-state index in [2.05, 4.69) is 21.0 Å². The van der Waals surface area contributed by atoms with Gasteiger partial charge in [-0.05, 0) is 74.7 Å². The van der Waals surface area contributed by atoms with Crippen LogP contribution in [0.4, 0.5) is 17.2 Å². The number of hydrogen-bond donors (Lipinski definition) is 3. The topological polar surface area (TPSA) is 88.0 Å². The van der Waals surface area contributed by atoms with Crippen LogP contribution in [-0.4, -0.2) is 21.6 Å². The average Bonchev–Trinajstić information content (AvgIpc) is 3.29. The largest absolute Gasteiger partial charge is 0.343 e. The molecule has 0 unspecified atom stereocenters. The van der Waals surface area contributed by atoms with Crippen molar-refractivity contribution in [3.63, 3.8) is 0 Å². The molecule has 1 atom stereocenters. The lowest BCUT2D eigenvalue weighted by atomic mass is 9.94. The molecule has 0 aliphatic carbocycles. The molecule has 38 heavy (non-hydrogen) atoms. The minimum Gasteiger partial charge on any atom is -0.343 e. The van der Waals surface area contributed by atoms with Crippen LogP contribution in [0.2, 0.25) is 5.02 Å². The van der Waals surface area contributed by atoms with Crippen molar-refractivity contribution >= 4 is 40.6 Å². The Bertz CT molecular complexity index is 1590. The molecule has 1 aliphatic heterocycles. The maximum atomic E-state index is 13.7. The molecule has 1 aliphatic rings. The van der Waals surface area contributed by atoms with E-state index in [0.29, 0.717) is 33.4 Å². The van der Waals surface area contributed by atoms with Gasteiger partial charge in [-0.3, -0.25) is 9.59 Å². The van der Waals surface area contributed by atoms with Crippen molar-refractivity contribution in [3.05, 3.63) is 117 Å². The van der Waals surface area contributed by atoms with E-state index in [9.17, 15) is 9.59 Å². The second kappa shape index (κ2) is 10.2. The fourth-order valence-electron chi connectivity index (χ4n) is 4.73. The van der Waals surface area contributed by atoms with Gasteiger partial charge in [0.1, 0.15) is 17.4 Å². The van der Waals surface area contributed by atoms with Gasteiger partial charge in [-0.1, -0.05) is 53.6 Å². The predicted octanol–water partition coefficient (Wildman–Crippen LogP) is 6.64. The fraction of sp³-hybridized carbons (Fsp3) is 0.167. The molecule has 0 saturated carbocycles. The Balaban J connectivity index is 1.54. The van der Waals surface area contributed by atoms with Gasteiger partial charge in [-0.25, -0.2) is 4.68 Å². The summed E-state index contributed by atoms with van der Waals surface area (Å²) >= 11 is 6.17. The van der Waals surface area contributed by atoms with Gasteiger partial charge in [0.05, 0.1) is 11.8 Å². The van der Waals surface area contributed by atoms with E-state index in [4.69, 9.17) is 11.6 Å². The molecule has 0 bridgehead atoms. The number of allylic oxidation sites excluding steroid dienone is 1. The van der Waals surface area contributed by atoms with Gasteiger partial charge in [0, 0.05) is 22.1 Å². The third-order valence-corrected chi connectivity index (χ3v) is 6.86. The first kappa shape index (κ1) is 25.3. The number of carbonyl (C=O) groups excluding carboxylic acids is 2. The number of rotatable bonds is 5. The van der Waals surface area contributed by atoms with Gasteiger partial charge in [-0.2, -0.15) is 5.10 Å². The number of anilines is 3. The number of amides is 2. The van der Waals surface area contributed by atoms with Gasteiger partial charge in [0.25, 0.3) is 11.8 Å². The Morgan fingerprint density at radius 3 is 2.34 bits per heavy atom. The van der Waals surface area contributed by atoms with Crippen molar-refractivity contribution in [2.45, 2.75) is 33.7 Å². The number of aryl methyl sites for hydroxylation is 3. The summed E-state index contributed by atoms with van der Waals surface area (Å²) in [6, 6.07) is 20.2. The number of hydrogen-bond acceptors (Lipinski definition) is 4. The van der Waals surface area contributed by atoms with Gasteiger partial charge in [0.15, 0.2) is 0 Å². The molecular formula is C30H28ClN5O2. The normalized spacial score (nSPS) is 14.5. The van der Waals surface area contributed by atoms with Crippen molar-refractivity contribution in [3.8, 4) is 0 Å². The summed E-state index contributed by atoms with van der Waals surface area (Å²) in [4.78, 5) is 27.0. The molecule has 3 N–H and O–H groups in total. The van der Waals surface area contributed by atoms with E-state index in [1.54, 1.807) is 16.8 Å². The number of aromatic nitrogens is 2. The molecule has 8 heteroatoms. The molecule has 192 valence electrons. The molecule has 0 radical (unpaired) electrons. The van der Waals surface area contributed by atoms with Crippen LogP contribution in [0.15, 0.2) is 84.2 Å². The van der Waals surface area contributed by atoms with Crippen LogP contribution in [0.1, 0.15) is 45.6 Å². The van der Waals surface area contributed by atoms with Crippen molar-refractivity contribution in [1.29, 1.82) is 0 Å². The number of benzene rings is 3. The third-order valence-electron chi connectivity index (χ3n) is 6.60. The van der Waals surface area contributed by atoms with Crippen molar-refractivity contribution < 1.29 is 9.59 Å². The monoisotopic (exact) mass is 525 g/mol. The second-order valence-corrected chi connectivity index (χ2v) is 10.0. The molecule has 0 saturated heterocycles. The van der Waals surface area contributed by atoms with Gasteiger partial charge >= 0.3 is 0 Å². The molecule has 5 rings (SSSR count). The van der Waals surface area contributed by atoms with Crippen LogP contribution in [0.3, 0.4) is 0 Å². The van der Waals surface area contributed by atoms with Crippen LogP contribution >= 0.6 is 11.6 Å². The van der Waals surface area contributed by atoms with Crippen LogP contribution < -0.4 is 16.0 Å². The Hall–Kier alpha value is -4.36. The second-order valence-electron chi connectivity index (χ2n) is 9.57. The molecule has 4 aromatic rings.